The van der Waals surface area contributed by atoms with Gasteiger partial charge in [-0.15, -0.1) is 0 Å². The van der Waals surface area contributed by atoms with Crippen molar-refractivity contribution in [2.45, 2.75) is 4.90 Å². The fraction of sp³-hybridized carbons (Fsp3) is 0.235. The number of halogens is 4. The Hall–Kier alpha value is -2.46. The molecule has 0 aliphatic carbocycles. The van der Waals surface area contributed by atoms with Crippen LogP contribution in [0.1, 0.15) is 10.4 Å². The highest BCUT2D eigenvalue weighted by molar-refractivity contribution is 7.89. The van der Waals surface area contributed by atoms with Crippen LogP contribution in [0.15, 0.2) is 41.3 Å². The minimum atomic E-state index is -4.44. The molecular weight excluding hydrogens is 388 g/mol. The lowest BCUT2D eigenvalue weighted by Gasteiger charge is -2.34. The lowest BCUT2D eigenvalue weighted by Crippen LogP contribution is -2.50. The van der Waals surface area contributed by atoms with Crippen molar-refractivity contribution in [2.75, 3.05) is 26.2 Å². The topological polar surface area (TPSA) is 57.7 Å². The molecule has 1 heterocycles. The number of piperazine rings is 1. The fourth-order valence-corrected chi connectivity index (χ4v) is 4.35. The van der Waals surface area contributed by atoms with E-state index >= 15 is 0 Å². The summed E-state index contributed by atoms with van der Waals surface area (Å²) in [4.78, 5) is 12.4. The van der Waals surface area contributed by atoms with E-state index in [-0.39, 0.29) is 26.2 Å². The van der Waals surface area contributed by atoms with Gasteiger partial charge in [0, 0.05) is 26.2 Å². The van der Waals surface area contributed by atoms with E-state index in [1.807, 2.05) is 0 Å². The first-order chi connectivity index (χ1) is 12.7. The van der Waals surface area contributed by atoms with E-state index in [9.17, 15) is 30.8 Å². The number of carbonyl (C=O) groups excluding carboxylic acids is 1. The zero-order chi connectivity index (χ0) is 19.8. The first kappa shape index (κ1) is 19.3. The van der Waals surface area contributed by atoms with Crippen LogP contribution in [0.5, 0.6) is 0 Å². The Kier molecular flexibility index (Phi) is 5.20. The van der Waals surface area contributed by atoms with E-state index in [0.717, 1.165) is 45.6 Å². The minimum absolute atomic E-state index is 0.135. The maximum Gasteiger partial charge on any atom is 0.257 e. The predicted octanol–water partition coefficient (Wildman–Crippen LogP) is 2.39. The summed E-state index contributed by atoms with van der Waals surface area (Å²) in [5.41, 5.74) is -0.466. The van der Waals surface area contributed by atoms with Crippen LogP contribution in [0.4, 0.5) is 17.6 Å². The number of carbonyl (C=O) groups is 1. The molecule has 2 aromatic carbocycles. The van der Waals surface area contributed by atoms with Crippen LogP contribution in [0.25, 0.3) is 0 Å². The maximum absolute atomic E-state index is 13.8. The van der Waals surface area contributed by atoms with Crippen molar-refractivity contribution in [3.63, 3.8) is 0 Å². The van der Waals surface area contributed by atoms with Crippen LogP contribution in [-0.2, 0) is 10.0 Å². The highest BCUT2D eigenvalue weighted by Crippen LogP contribution is 2.24. The van der Waals surface area contributed by atoms with Gasteiger partial charge in [-0.05, 0) is 30.3 Å². The molecule has 27 heavy (non-hydrogen) atoms. The molecule has 0 N–H and O–H groups in total. The van der Waals surface area contributed by atoms with Gasteiger partial charge in [0.2, 0.25) is 10.0 Å². The number of nitrogens with zero attached hydrogens (tertiary/aromatic N) is 2. The van der Waals surface area contributed by atoms with Gasteiger partial charge in [0.1, 0.15) is 23.3 Å². The van der Waals surface area contributed by atoms with Crippen LogP contribution in [0, 0.1) is 23.3 Å². The summed E-state index contributed by atoms with van der Waals surface area (Å²) < 4.78 is 80.5. The molecule has 1 aliphatic rings. The van der Waals surface area contributed by atoms with Crippen LogP contribution in [-0.4, -0.2) is 49.7 Å². The van der Waals surface area contributed by atoms with Gasteiger partial charge >= 0.3 is 0 Å². The lowest BCUT2D eigenvalue weighted by atomic mass is 10.1. The summed E-state index contributed by atoms with van der Waals surface area (Å²) >= 11 is 0. The monoisotopic (exact) mass is 402 g/mol. The molecular formula is C17H14F4N2O3S. The van der Waals surface area contributed by atoms with Crippen LogP contribution < -0.4 is 0 Å². The molecule has 0 bridgehead atoms. The lowest BCUT2D eigenvalue weighted by molar-refractivity contribution is 0.0692. The molecule has 144 valence electrons. The van der Waals surface area contributed by atoms with Gasteiger partial charge in [-0.25, -0.2) is 26.0 Å². The zero-order valence-corrected chi connectivity index (χ0v) is 14.6. The number of hydrogen-bond donors (Lipinski definition) is 0. The molecule has 2 aromatic rings. The second-order valence-corrected chi connectivity index (χ2v) is 7.75. The Morgan fingerprint density at radius 1 is 0.852 bits per heavy atom. The molecule has 3 rings (SSSR count). The maximum atomic E-state index is 13.8. The van der Waals surface area contributed by atoms with Gasteiger partial charge in [0.15, 0.2) is 4.90 Å². The van der Waals surface area contributed by atoms with E-state index in [4.69, 9.17) is 0 Å². The van der Waals surface area contributed by atoms with Gasteiger partial charge in [-0.3, -0.25) is 4.79 Å². The molecule has 0 aromatic heterocycles. The summed E-state index contributed by atoms with van der Waals surface area (Å²) in [6, 6.07) is 5.18. The van der Waals surface area contributed by atoms with E-state index in [1.54, 1.807) is 0 Å². The standard InChI is InChI=1S/C17H14F4N2O3S/c18-11-4-5-13(19)12(10-11)17(24)22-6-8-23(9-7-22)27(25,26)16-14(20)2-1-3-15(16)21/h1-5,10H,6-9H2. The van der Waals surface area contributed by atoms with Crippen molar-refractivity contribution < 1.29 is 30.8 Å². The Bertz CT molecular complexity index is 969. The Morgan fingerprint density at radius 3 is 2.04 bits per heavy atom. The van der Waals surface area contributed by atoms with Crippen molar-refractivity contribution >= 4 is 15.9 Å². The first-order valence-electron chi connectivity index (χ1n) is 7.90. The van der Waals surface area contributed by atoms with Crippen molar-refractivity contribution in [1.82, 2.24) is 9.21 Å². The third kappa shape index (κ3) is 3.67. The molecule has 0 atom stereocenters. The second-order valence-electron chi connectivity index (χ2n) is 5.87. The van der Waals surface area contributed by atoms with E-state index in [2.05, 4.69) is 0 Å². The fourth-order valence-electron chi connectivity index (χ4n) is 2.82. The van der Waals surface area contributed by atoms with E-state index in [1.165, 1.54) is 0 Å². The minimum Gasteiger partial charge on any atom is -0.336 e. The van der Waals surface area contributed by atoms with Crippen molar-refractivity contribution in [3.8, 4) is 0 Å². The molecule has 0 saturated carbocycles. The SMILES string of the molecule is O=C(c1cc(F)ccc1F)N1CCN(S(=O)(=O)c2c(F)cccc2F)CC1. The molecule has 1 aliphatic heterocycles. The van der Waals surface area contributed by atoms with Crippen molar-refractivity contribution in [1.29, 1.82) is 0 Å². The summed E-state index contributed by atoms with van der Waals surface area (Å²) in [7, 11) is -4.44. The van der Waals surface area contributed by atoms with Crippen molar-refractivity contribution in [3.05, 3.63) is 65.2 Å². The quantitative estimate of drug-likeness (QED) is 0.741. The van der Waals surface area contributed by atoms with Gasteiger partial charge in [-0.2, -0.15) is 4.31 Å². The number of sulfonamides is 1. The average molecular weight is 402 g/mol. The molecule has 1 saturated heterocycles. The molecule has 10 heteroatoms. The van der Waals surface area contributed by atoms with Crippen LogP contribution >= 0.6 is 0 Å². The summed E-state index contributed by atoms with van der Waals surface area (Å²) in [6.45, 7) is -0.744. The number of amides is 1. The molecule has 0 radical (unpaired) electrons. The van der Waals surface area contributed by atoms with Crippen LogP contribution in [0.3, 0.4) is 0 Å². The first-order valence-corrected chi connectivity index (χ1v) is 9.34. The molecule has 1 amide bonds. The zero-order valence-electron chi connectivity index (χ0n) is 13.8. The third-order valence-electron chi connectivity index (χ3n) is 4.20. The highest BCUT2D eigenvalue weighted by atomic mass is 32.2. The Labute approximate surface area is 152 Å². The smallest absolute Gasteiger partial charge is 0.257 e. The van der Waals surface area contributed by atoms with Crippen molar-refractivity contribution in [2.24, 2.45) is 0 Å². The van der Waals surface area contributed by atoms with Crippen LogP contribution in [0.2, 0.25) is 0 Å². The predicted molar refractivity (Wildman–Crippen MR) is 87.4 cm³/mol. The summed E-state index contributed by atoms with van der Waals surface area (Å²) in [6.07, 6.45) is 0. The third-order valence-corrected chi connectivity index (χ3v) is 6.15. The van der Waals surface area contributed by atoms with E-state index in [0.29, 0.717) is 0 Å². The molecule has 0 spiro atoms. The highest BCUT2D eigenvalue weighted by Gasteiger charge is 2.34. The van der Waals surface area contributed by atoms with Gasteiger partial charge in [0.25, 0.3) is 5.91 Å². The normalized spacial score (nSPS) is 15.8. The Balaban J connectivity index is 1.77. The second kappa shape index (κ2) is 7.28. The van der Waals surface area contributed by atoms with E-state index < -0.39 is 49.7 Å². The largest absolute Gasteiger partial charge is 0.336 e. The average Bonchev–Trinajstić information content (AvgIpc) is 2.63. The Morgan fingerprint density at radius 2 is 1.44 bits per heavy atom. The number of benzene rings is 2. The van der Waals surface area contributed by atoms with Gasteiger partial charge in [-0.1, -0.05) is 6.07 Å². The summed E-state index contributed by atoms with van der Waals surface area (Å²) in [5, 5.41) is 0. The number of rotatable bonds is 3. The summed E-state index contributed by atoms with van der Waals surface area (Å²) in [5.74, 6) is -4.90. The molecule has 0 unspecified atom stereocenters. The van der Waals surface area contributed by atoms with Gasteiger partial charge < -0.3 is 4.90 Å². The molecule has 1 fully saturated rings. The van der Waals surface area contributed by atoms with Gasteiger partial charge in [0.05, 0.1) is 5.56 Å². The number of hydrogen-bond acceptors (Lipinski definition) is 3. The molecule has 5 nitrogen and oxygen atoms in total.